The molecule has 1 amide bonds. The Morgan fingerprint density at radius 2 is 1.83 bits per heavy atom. The lowest BCUT2D eigenvalue weighted by molar-refractivity contribution is -0.114. The van der Waals surface area contributed by atoms with E-state index < -0.39 is 15.9 Å². The van der Waals surface area contributed by atoms with E-state index >= 15 is 0 Å². The standard InChI is InChI=1S/C21H20BrN3O3S/c1-15-5-8-18(9-6-15)25(29(27,28)19-4-3-11-23-13-19)14-21(26)24-17-7-10-20(22)16(2)12-17/h3-13H,14H2,1-2H3,(H,24,26). The third-order valence-electron chi connectivity index (χ3n) is 4.27. The maximum atomic E-state index is 13.2. The number of nitrogens with one attached hydrogen (secondary N) is 1. The van der Waals surface area contributed by atoms with Crippen molar-refractivity contribution in [3.05, 3.63) is 82.6 Å². The van der Waals surface area contributed by atoms with Crippen LogP contribution in [0.15, 0.2) is 76.4 Å². The van der Waals surface area contributed by atoms with E-state index in [0.29, 0.717) is 11.4 Å². The minimum Gasteiger partial charge on any atom is -0.325 e. The van der Waals surface area contributed by atoms with E-state index in [-0.39, 0.29) is 11.4 Å². The van der Waals surface area contributed by atoms with Gasteiger partial charge in [-0.05, 0) is 61.9 Å². The van der Waals surface area contributed by atoms with Crippen molar-refractivity contribution in [3.8, 4) is 0 Å². The predicted octanol–water partition coefficient (Wildman–Crippen LogP) is 4.29. The summed E-state index contributed by atoms with van der Waals surface area (Å²) in [5.74, 6) is -0.445. The van der Waals surface area contributed by atoms with Gasteiger partial charge in [-0.25, -0.2) is 8.42 Å². The molecule has 0 saturated carbocycles. The summed E-state index contributed by atoms with van der Waals surface area (Å²) in [6.45, 7) is 3.45. The molecule has 6 nitrogen and oxygen atoms in total. The molecule has 0 unspecified atom stereocenters. The summed E-state index contributed by atoms with van der Waals surface area (Å²) in [7, 11) is -3.97. The van der Waals surface area contributed by atoms with Crippen LogP contribution in [-0.2, 0) is 14.8 Å². The first-order valence-corrected chi connectivity index (χ1v) is 11.1. The van der Waals surface area contributed by atoms with Gasteiger partial charge in [-0.2, -0.15) is 0 Å². The molecule has 8 heteroatoms. The molecule has 0 saturated heterocycles. The molecule has 1 aromatic heterocycles. The smallest absolute Gasteiger partial charge is 0.266 e. The average Bonchev–Trinajstić information content (AvgIpc) is 2.70. The molecule has 0 bridgehead atoms. The molecule has 1 N–H and O–H groups in total. The Hall–Kier alpha value is -2.71. The molecule has 0 aliphatic heterocycles. The van der Waals surface area contributed by atoms with Gasteiger partial charge in [0.05, 0.1) is 5.69 Å². The van der Waals surface area contributed by atoms with E-state index in [0.717, 1.165) is 19.9 Å². The van der Waals surface area contributed by atoms with Crippen molar-refractivity contribution in [1.82, 2.24) is 4.98 Å². The van der Waals surface area contributed by atoms with E-state index in [9.17, 15) is 13.2 Å². The van der Waals surface area contributed by atoms with Crippen LogP contribution < -0.4 is 9.62 Å². The van der Waals surface area contributed by atoms with E-state index in [1.807, 2.05) is 26.0 Å². The van der Waals surface area contributed by atoms with Gasteiger partial charge in [0.1, 0.15) is 11.4 Å². The van der Waals surface area contributed by atoms with Crippen LogP contribution in [0.2, 0.25) is 0 Å². The van der Waals surface area contributed by atoms with Crippen molar-refractivity contribution >= 4 is 43.2 Å². The van der Waals surface area contributed by atoms with Crippen molar-refractivity contribution in [2.45, 2.75) is 18.7 Å². The number of carbonyl (C=O) groups excluding carboxylic acids is 1. The summed E-state index contributed by atoms with van der Waals surface area (Å²) in [5, 5.41) is 2.76. The Bertz CT molecular complexity index is 1120. The van der Waals surface area contributed by atoms with Crippen LogP contribution in [0, 0.1) is 13.8 Å². The number of aryl methyl sites for hydroxylation is 2. The second-order valence-corrected chi connectivity index (χ2v) is 9.26. The van der Waals surface area contributed by atoms with Crippen molar-refractivity contribution in [2.24, 2.45) is 0 Å². The van der Waals surface area contributed by atoms with Crippen molar-refractivity contribution in [2.75, 3.05) is 16.2 Å². The second kappa shape index (κ2) is 8.75. The van der Waals surface area contributed by atoms with Gasteiger partial charge in [0.25, 0.3) is 10.0 Å². The first kappa shape index (κ1) is 21.0. The van der Waals surface area contributed by atoms with Crippen LogP contribution in [0.3, 0.4) is 0 Å². The third kappa shape index (κ3) is 5.02. The molecule has 0 aliphatic rings. The van der Waals surface area contributed by atoms with Gasteiger partial charge in [0.2, 0.25) is 5.91 Å². The van der Waals surface area contributed by atoms with Gasteiger partial charge >= 0.3 is 0 Å². The van der Waals surface area contributed by atoms with Gasteiger partial charge in [-0.3, -0.25) is 14.1 Å². The number of hydrogen-bond acceptors (Lipinski definition) is 4. The van der Waals surface area contributed by atoms with Crippen LogP contribution >= 0.6 is 15.9 Å². The summed E-state index contributed by atoms with van der Waals surface area (Å²) in [4.78, 5) is 16.6. The molecular weight excluding hydrogens is 454 g/mol. The number of aromatic nitrogens is 1. The number of sulfonamides is 1. The summed E-state index contributed by atoms with van der Waals surface area (Å²) in [6, 6.07) is 15.4. The van der Waals surface area contributed by atoms with Crippen molar-refractivity contribution in [1.29, 1.82) is 0 Å². The highest BCUT2D eigenvalue weighted by atomic mass is 79.9. The normalized spacial score (nSPS) is 11.1. The molecular formula is C21H20BrN3O3S. The summed E-state index contributed by atoms with van der Waals surface area (Å²) in [6.07, 6.45) is 2.77. The molecule has 2 aromatic carbocycles. The third-order valence-corrected chi connectivity index (χ3v) is 6.92. The zero-order valence-corrected chi connectivity index (χ0v) is 18.4. The number of rotatable bonds is 6. The molecule has 3 rings (SSSR count). The van der Waals surface area contributed by atoms with E-state index in [1.165, 1.54) is 18.5 Å². The number of nitrogens with zero attached hydrogens (tertiary/aromatic N) is 2. The van der Waals surface area contributed by atoms with Gasteiger partial charge in [0, 0.05) is 22.6 Å². The predicted molar refractivity (Wildman–Crippen MR) is 117 cm³/mol. The van der Waals surface area contributed by atoms with Gasteiger partial charge in [0.15, 0.2) is 0 Å². The minimum absolute atomic E-state index is 0.0212. The minimum atomic E-state index is -3.97. The number of benzene rings is 2. The Morgan fingerprint density at radius 1 is 1.10 bits per heavy atom. The Balaban J connectivity index is 1.92. The fourth-order valence-electron chi connectivity index (χ4n) is 2.71. The molecule has 1 heterocycles. The van der Waals surface area contributed by atoms with Crippen LogP contribution in [-0.4, -0.2) is 25.9 Å². The fraction of sp³-hybridized carbons (Fsp3) is 0.143. The highest BCUT2D eigenvalue weighted by molar-refractivity contribution is 9.10. The number of amides is 1. The van der Waals surface area contributed by atoms with E-state index in [1.54, 1.807) is 36.4 Å². The first-order chi connectivity index (χ1) is 13.8. The molecule has 0 spiro atoms. The van der Waals surface area contributed by atoms with Crippen LogP contribution in [0.5, 0.6) is 0 Å². The number of anilines is 2. The molecule has 0 atom stereocenters. The average molecular weight is 474 g/mol. The molecule has 29 heavy (non-hydrogen) atoms. The molecule has 150 valence electrons. The quantitative estimate of drug-likeness (QED) is 0.578. The number of pyridine rings is 1. The van der Waals surface area contributed by atoms with Crippen molar-refractivity contribution in [3.63, 3.8) is 0 Å². The zero-order valence-electron chi connectivity index (χ0n) is 16.0. The van der Waals surface area contributed by atoms with E-state index in [2.05, 4.69) is 26.2 Å². The number of hydrogen-bond donors (Lipinski definition) is 1. The summed E-state index contributed by atoms with van der Waals surface area (Å²) in [5.41, 5.74) is 2.95. The Labute approximate surface area is 178 Å². The fourth-order valence-corrected chi connectivity index (χ4v) is 4.34. The molecule has 0 radical (unpaired) electrons. The highest BCUT2D eigenvalue weighted by Crippen LogP contribution is 2.24. The van der Waals surface area contributed by atoms with E-state index in [4.69, 9.17) is 0 Å². The highest BCUT2D eigenvalue weighted by Gasteiger charge is 2.27. The number of carbonyl (C=O) groups is 1. The second-order valence-electron chi connectivity index (χ2n) is 6.55. The van der Waals surface area contributed by atoms with Gasteiger partial charge < -0.3 is 5.32 Å². The lowest BCUT2D eigenvalue weighted by Crippen LogP contribution is -2.38. The summed E-state index contributed by atoms with van der Waals surface area (Å²) >= 11 is 3.42. The lowest BCUT2D eigenvalue weighted by atomic mass is 10.2. The molecule has 0 fully saturated rings. The Kier molecular flexibility index (Phi) is 6.34. The SMILES string of the molecule is Cc1ccc(N(CC(=O)Nc2ccc(Br)c(C)c2)S(=O)(=O)c2cccnc2)cc1. The van der Waals surface area contributed by atoms with Crippen LogP contribution in [0.1, 0.15) is 11.1 Å². The molecule has 0 aliphatic carbocycles. The topological polar surface area (TPSA) is 79.4 Å². The number of halogens is 1. The maximum absolute atomic E-state index is 13.2. The largest absolute Gasteiger partial charge is 0.325 e. The zero-order chi connectivity index (χ0) is 21.0. The first-order valence-electron chi connectivity index (χ1n) is 8.83. The van der Waals surface area contributed by atoms with Gasteiger partial charge in [-0.15, -0.1) is 0 Å². The maximum Gasteiger partial charge on any atom is 0.266 e. The van der Waals surface area contributed by atoms with Crippen LogP contribution in [0.25, 0.3) is 0 Å². The van der Waals surface area contributed by atoms with Crippen molar-refractivity contribution < 1.29 is 13.2 Å². The monoisotopic (exact) mass is 473 g/mol. The van der Waals surface area contributed by atoms with Crippen LogP contribution in [0.4, 0.5) is 11.4 Å². The lowest BCUT2D eigenvalue weighted by Gasteiger charge is -2.24. The Morgan fingerprint density at radius 3 is 2.45 bits per heavy atom. The summed E-state index contributed by atoms with van der Waals surface area (Å²) < 4.78 is 28.4. The van der Waals surface area contributed by atoms with Gasteiger partial charge in [-0.1, -0.05) is 33.6 Å². The molecule has 3 aromatic rings.